The van der Waals surface area contributed by atoms with Gasteiger partial charge in [-0.25, -0.2) is 0 Å². The van der Waals surface area contributed by atoms with Gasteiger partial charge in [0.1, 0.15) is 14.3 Å². The molecular weight excluding hydrogens is 316 g/mol. The highest BCUT2D eigenvalue weighted by Crippen LogP contribution is 2.12. The summed E-state index contributed by atoms with van der Waals surface area (Å²) in [5, 5.41) is 8.00. The van der Waals surface area contributed by atoms with Gasteiger partial charge in [-0.05, 0) is 39.3 Å². The predicted molar refractivity (Wildman–Crippen MR) is 96.5 cm³/mol. The number of hydrogen-bond acceptors (Lipinski definition) is 5. The van der Waals surface area contributed by atoms with E-state index in [-0.39, 0.29) is 18.3 Å². The molecule has 0 rings (SSSR count). The van der Waals surface area contributed by atoms with Gasteiger partial charge in [0.15, 0.2) is 5.90 Å². The van der Waals surface area contributed by atoms with Gasteiger partial charge in [-0.15, -0.1) is 0 Å². The van der Waals surface area contributed by atoms with Crippen molar-refractivity contribution in [2.75, 3.05) is 0 Å². The van der Waals surface area contributed by atoms with Gasteiger partial charge in [0.05, 0.1) is 0 Å². The van der Waals surface area contributed by atoms with E-state index in [0.29, 0.717) is 0 Å². The van der Waals surface area contributed by atoms with Crippen LogP contribution >= 0.6 is 0 Å². The maximum atomic E-state index is 12.4. The minimum absolute atomic E-state index is 0.178. The molecule has 1 atom stereocenters. The second-order valence-electron chi connectivity index (χ2n) is 8.32. The predicted octanol–water partition coefficient (Wildman–Crippen LogP) is 3.38. The Morgan fingerprint density at radius 2 is 1.38 bits per heavy atom. The van der Waals surface area contributed by atoms with Crippen molar-refractivity contribution in [3.63, 3.8) is 0 Å². The Hall–Kier alpha value is -0.449. The molecule has 0 aliphatic carbocycles. The van der Waals surface area contributed by atoms with Crippen LogP contribution in [-0.4, -0.2) is 42.8 Å². The van der Waals surface area contributed by atoms with Gasteiger partial charge < -0.3 is 13.8 Å². The first-order chi connectivity index (χ1) is 9.09. The fraction of sp³-hybridized carbons (Fsp3) is 0.846. The molecule has 21 heavy (non-hydrogen) atoms. The van der Waals surface area contributed by atoms with E-state index < -0.39 is 30.9 Å². The van der Waals surface area contributed by atoms with Crippen LogP contribution < -0.4 is 4.98 Å². The van der Waals surface area contributed by atoms with Crippen molar-refractivity contribution in [2.45, 2.75) is 71.4 Å². The molecule has 0 heterocycles. The number of rotatable bonds is 7. The van der Waals surface area contributed by atoms with Gasteiger partial charge >= 0.3 is 5.97 Å². The molecule has 0 radical (unpaired) electrons. The Kier molecular flexibility index (Phi) is 7.05. The molecule has 2 N–H and O–H groups in total. The lowest BCUT2D eigenvalue weighted by molar-refractivity contribution is -0.137. The average Bonchev–Trinajstić information content (AvgIpc) is 2.07. The maximum Gasteiger partial charge on any atom is 0.309 e. The quantitative estimate of drug-likeness (QED) is 0.420. The van der Waals surface area contributed by atoms with Gasteiger partial charge in [0.2, 0.25) is 16.6 Å². The Balaban J connectivity index is 4.91. The van der Waals surface area contributed by atoms with Crippen molar-refractivity contribution in [1.29, 1.82) is 5.41 Å². The van der Waals surface area contributed by atoms with Gasteiger partial charge in [0.25, 0.3) is 0 Å². The summed E-state index contributed by atoms with van der Waals surface area (Å²) in [5.41, 5.74) is 0. The molecule has 0 saturated heterocycles. The maximum absolute atomic E-state index is 12.4. The van der Waals surface area contributed by atoms with Crippen LogP contribution in [0.5, 0.6) is 0 Å². The highest BCUT2D eigenvalue weighted by atomic mass is 28.4. The Morgan fingerprint density at radius 3 is 1.71 bits per heavy atom. The first-order valence-electron chi connectivity index (χ1n) is 7.36. The summed E-state index contributed by atoms with van der Waals surface area (Å²) in [5.74, 6) is -0.0713. The van der Waals surface area contributed by atoms with Crippen LogP contribution in [0.2, 0.25) is 58.9 Å². The fourth-order valence-electron chi connectivity index (χ4n) is 1.69. The molecule has 0 saturated carbocycles. The van der Waals surface area contributed by atoms with Crippen LogP contribution in [0, 0.1) is 5.41 Å². The molecular formula is C13H32N2O3Si3. The Labute approximate surface area is 132 Å². The van der Waals surface area contributed by atoms with Crippen LogP contribution in [0.15, 0.2) is 0 Å². The molecule has 0 aliphatic heterocycles. The number of hydrogen-bond donors (Lipinski definition) is 2. The van der Waals surface area contributed by atoms with E-state index in [1.54, 1.807) is 0 Å². The summed E-state index contributed by atoms with van der Waals surface area (Å²) in [7, 11) is -5.41. The van der Waals surface area contributed by atoms with Crippen molar-refractivity contribution in [2.24, 2.45) is 0 Å². The van der Waals surface area contributed by atoms with E-state index in [9.17, 15) is 4.79 Å². The van der Waals surface area contributed by atoms with E-state index in [0.717, 1.165) is 0 Å². The highest BCUT2D eigenvalue weighted by Gasteiger charge is 2.32. The van der Waals surface area contributed by atoms with E-state index >= 15 is 0 Å². The van der Waals surface area contributed by atoms with Crippen molar-refractivity contribution in [3.05, 3.63) is 0 Å². The lowest BCUT2D eigenvalue weighted by Gasteiger charge is -2.29. The molecule has 0 aromatic carbocycles. The minimum atomic E-state index is -1.93. The molecule has 0 spiro atoms. The first-order valence-corrected chi connectivity index (χ1v) is 17.7. The second-order valence-corrected chi connectivity index (χ2v) is 22.0. The Bertz CT molecular complexity index is 382. The lowest BCUT2D eigenvalue weighted by atomic mass is 10.2. The standard InChI is InChI=1S/C13H32N2O3Si3/c1-19(2,3)15-11(13(16)18-21(7,8)9)10-12(14)17-20(4,5)6/h11,14-15H,10H2,1-9H3. The summed E-state index contributed by atoms with van der Waals surface area (Å²) < 4.78 is 11.3. The molecule has 5 nitrogen and oxygen atoms in total. The molecule has 0 aliphatic rings. The van der Waals surface area contributed by atoms with Crippen LogP contribution in [0.4, 0.5) is 0 Å². The Morgan fingerprint density at radius 1 is 0.952 bits per heavy atom. The minimum Gasteiger partial charge on any atom is -0.535 e. The summed E-state index contributed by atoms with van der Waals surface area (Å²) in [6.07, 6.45) is 0.262. The number of carbonyl (C=O) groups is 1. The molecule has 1 unspecified atom stereocenters. The summed E-state index contributed by atoms with van der Waals surface area (Å²) in [6.45, 7) is 18.4. The van der Waals surface area contributed by atoms with E-state index in [1.807, 2.05) is 39.3 Å². The second kappa shape index (κ2) is 7.21. The summed E-state index contributed by atoms with van der Waals surface area (Å²) in [6, 6.07) is -0.479. The van der Waals surface area contributed by atoms with Crippen molar-refractivity contribution >= 4 is 36.7 Å². The number of carbonyl (C=O) groups excluding carboxylic acids is 1. The molecule has 0 bridgehead atoms. The van der Waals surface area contributed by atoms with Crippen molar-refractivity contribution < 1.29 is 13.6 Å². The molecule has 0 amide bonds. The average molecular weight is 349 g/mol. The molecule has 0 aromatic heterocycles. The summed E-state index contributed by atoms with van der Waals surface area (Å²) >= 11 is 0. The van der Waals surface area contributed by atoms with Crippen LogP contribution in [0.3, 0.4) is 0 Å². The number of nitrogens with one attached hydrogen (secondary N) is 2. The topological polar surface area (TPSA) is 71.4 Å². The first kappa shape index (κ1) is 20.6. The third-order valence-electron chi connectivity index (χ3n) is 2.12. The van der Waals surface area contributed by atoms with Gasteiger partial charge in [-0.2, -0.15) is 0 Å². The molecule has 124 valence electrons. The van der Waals surface area contributed by atoms with Gasteiger partial charge in [-0.1, -0.05) is 19.6 Å². The van der Waals surface area contributed by atoms with Crippen molar-refractivity contribution in [1.82, 2.24) is 4.98 Å². The summed E-state index contributed by atoms with van der Waals surface area (Å²) in [4.78, 5) is 15.7. The SMILES string of the molecule is C[Si](C)(C)NC(CC(=N)O[Si](C)(C)C)C(=O)O[Si](C)(C)C. The van der Waals surface area contributed by atoms with Crippen molar-refractivity contribution in [3.8, 4) is 0 Å². The smallest absolute Gasteiger partial charge is 0.309 e. The lowest BCUT2D eigenvalue weighted by Crippen LogP contribution is -2.54. The largest absolute Gasteiger partial charge is 0.535 e. The van der Waals surface area contributed by atoms with E-state index in [4.69, 9.17) is 14.3 Å². The third-order valence-corrected chi connectivity index (χ3v) is 5.00. The van der Waals surface area contributed by atoms with Crippen LogP contribution in [0.1, 0.15) is 6.42 Å². The van der Waals surface area contributed by atoms with E-state index in [1.165, 1.54) is 0 Å². The van der Waals surface area contributed by atoms with E-state index in [2.05, 4.69) is 24.6 Å². The zero-order valence-electron chi connectivity index (χ0n) is 15.0. The van der Waals surface area contributed by atoms with Gasteiger partial charge in [0, 0.05) is 6.42 Å². The third kappa shape index (κ3) is 11.8. The molecule has 0 aromatic rings. The van der Waals surface area contributed by atoms with Crippen LogP contribution in [-0.2, 0) is 13.6 Å². The normalized spacial score (nSPS) is 14.5. The fourth-order valence-corrected chi connectivity index (χ4v) is 4.52. The molecule has 0 fully saturated rings. The highest BCUT2D eigenvalue weighted by molar-refractivity contribution is 6.74. The zero-order chi connectivity index (χ0) is 17.1. The monoisotopic (exact) mass is 348 g/mol. The van der Waals surface area contributed by atoms with Crippen LogP contribution in [0.25, 0.3) is 0 Å². The zero-order valence-corrected chi connectivity index (χ0v) is 18.0. The molecule has 8 heteroatoms. The van der Waals surface area contributed by atoms with Gasteiger partial charge in [-0.3, -0.25) is 10.2 Å².